The maximum atomic E-state index is 11.8. The fourth-order valence-corrected chi connectivity index (χ4v) is 2.35. The molecule has 0 aliphatic carbocycles. The zero-order chi connectivity index (χ0) is 14.8. The summed E-state index contributed by atoms with van der Waals surface area (Å²) in [6.45, 7) is 1.55. The number of carbonyl (C=O) groups excluding carboxylic acids is 1. The van der Waals surface area contributed by atoms with Crippen LogP contribution in [0.3, 0.4) is 0 Å². The first-order chi connectivity index (χ1) is 9.40. The monoisotopic (exact) mass is 296 g/mol. The molecule has 1 amide bonds. The molecule has 0 fully saturated rings. The molecule has 0 saturated carbocycles. The molecule has 2 rings (SSSR count). The van der Waals surface area contributed by atoms with Crippen LogP contribution in [-0.4, -0.2) is 22.5 Å². The van der Waals surface area contributed by atoms with Crippen LogP contribution in [0.1, 0.15) is 22.4 Å². The summed E-state index contributed by atoms with van der Waals surface area (Å²) >= 11 is 1.37. The lowest BCUT2D eigenvalue weighted by atomic mass is 10.1. The number of rotatable bonds is 5. The van der Waals surface area contributed by atoms with Gasteiger partial charge in [-0.1, -0.05) is 6.07 Å². The highest BCUT2D eigenvalue weighted by molar-refractivity contribution is 7.10. The van der Waals surface area contributed by atoms with E-state index in [0.717, 1.165) is 6.07 Å². The highest BCUT2D eigenvalue weighted by Crippen LogP contribution is 2.24. The number of nitrogens with zero attached hydrogens (tertiary/aromatic N) is 1. The summed E-state index contributed by atoms with van der Waals surface area (Å²) in [5.41, 5.74) is -1.21. The molecule has 0 radical (unpaired) electrons. The molecule has 7 nitrogen and oxygen atoms in total. The summed E-state index contributed by atoms with van der Waals surface area (Å²) in [4.78, 5) is 22.2. The minimum atomic E-state index is -1.21. The van der Waals surface area contributed by atoms with Crippen molar-refractivity contribution in [2.45, 2.75) is 12.5 Å². The maximum Gasteiger partial charge on any atom is 0.433 e. The number of hydrogen-bond acceptors (Lipinski definition) is 6. The molecule has 2 aromatic heterocycles. The van der Waals surface area contributed by atoms with Gasteiger partial charge in [-0.25, -0.2) is 0 Å². The predicted molar refractivity (Wildman–Crippen MR) is 71.6 cm³/mol. The van der Waals surface area contributed by atoms with E-state index in [-0.39, 0.29) is 12.3 Å². The lowest BCUT2D eigenvalue weighted by Crippen LogP contribution is -2.37. The van der Waals surface area contributed by atoms with Gasteiger partial charge in [0.2, 0.25) is 0 Å². The van der Waals surface area contributed by atoms with E-state index in [4.69, 9.17) is 4.42 Å². The van der Waals surface area contributed by atoms with E-state index in [1.54, 1.807) is 19.1 Å². The average molecular weight is 296 g/mol. The Labute approximate surface area is 118 Å². The van der Waals surface area contributed by atoms with Gasteiger partial charge in [0.05, 0.1) is 12.6 Å². The topological polar surface area (TPSA) is 106 Å². The largest absolute Gasteiger partial charge is 0.433 e. The molecular weight excluding hydrogens is 284 g/mol. The van der Waals surface area contributed by atoms with Gasteiger partial charge in [0.15, 0.2) is 5.76 Å². The van der Waals surface area contributed by atoms with Gasteiger partial charge < -0.3 is 14.8 Å². The summed E-state index contributed by atoms with van der Waals surface area (Å²) in [5.74, 6) is -1.28. The molecule has 0 spiro atoms. The highest BCUT2D eigenvalue weighted by atomic mass is 32.1. The second-order valence-electron chi connectivity index (χ2n) is 4.33. The van der Waals surface area contributed by atoms with Gasteiger partial charge >= 0.3 is 5.88 Å². The summed E-state index contributed by atoms with van der Waals surface area (Å²) < 4.78 is 4.77. The number of nitrogens with one attached hydrogen (secondary N) is 1. The molecule has 2 aromatic rings. The van der Waals surface area contributed by atoms with Crippen LogP contribution in [-0.2, 0) is 5.60 Å². The summed E-state index contributed by atoms with van der Waals surface area (Å²) in [6, 6.07) is 5.88. The van der Waals surface area contributed by atoms with E-state index in [0.29, 0.717) is 4.88 Å². The van der Waals surface area contributed by atoms with E-state index >= 15 is 0 Å². The standard InChI is InChI=1S/C12H12N2O5S/c1-12(16,9-3-2-6-20-9)7-13-11(15)8-4-5-10(19-8)14(17)18/h2-6,16H,7H2,1H3,(H,13,15)/t12-/m1/s1. The number of amides is 1. The van der Waals surface area contributed by atoms with Gasteiger partial charge in [0.25, 0.3) is 5.91 Å². The second kappa shape index (κ2) is 5.43. The first kappa shape index (κ1) is 14.2. The van der Waals surface area contributed by atoms with Crippen LogP contribution in [0.2, 0.25) is 0 Å². The zero-order valence-electron chi connectivity index (χ0n) is 10.5. The predicted octanol–water partition coefficient (Wildman–Crippen LogP) is 1.89. The van der Waals surface area contributed by atoms with Gasteiger partial charge in [-0.3, -0.25) is 14.9 Å². The van der Waals surface area contributed by atoms with Crippen molar-refractivity contribution in [1.82, 2.24) is 5.32 Å². The van der Waals surface area contributed by atoms with Gasteiger partial charge in [0, 0.05) is 4.88 Å². The number of carbonyl (C=O) groups is 1. The van der Waals surface area contributed by atoms with Crippen molar-refractivity contribution < 1.29 is 19.2 Å². The molecule has 8 heteroatoms. The lowest BCUT2D eigenvalue weighted by molar-refractivity contribution is -0.402. The van der Waals surface area contributed by atoms with Crippen LogP contribution in [0.5, 0.6) is 0 Å². The van der Waals surface area contributed by atoms with E-state index in [2.05, 4.69) is 5.32 Å². The zero-order valence-corrected chi connectivity index (χ0v) is 11.3. The normalized spacial score (nSPS) is 13.7. The third-order valence-electron chi connectivity index (χ3n) is 2.64. The van der Waals surface area contributed by atoms with Gasteiger partial charge in [0.1, 0.15) is 10.5 Å². The molecule has 0 saturated heterocycles. The summed E-state index contributed by atoms with van der Waals surface area (Å²) in [7, 11) is 0. The molecule has 0 aliphatic heterocycles. The third kappa shape index (κ3) is 3.03. The molecule has 0 aliphatic rings. The maximum absolute atomic E-state index is 11.8. The third-order valence-corrected chi connectivity index (χ3v) is 3.76. The number of hydrogen-bond donors (Lipinski definition) is 2. The van der Waals surface area contributed by atoms with Gasteiger partial charge in [-0.15, -0.1) is 11.3 Å². The van der Waals surface area contributed by atoms with Crippen molar-refractivity contribution >= 4 is 23.1 Å². The minimum absolute atomic E-state index is 0.0269. The number of thiophene rings is 1. The molecule has 106 valence electrons. The number of aliphatic hydroxyl groups is 1. The van der Waals surface area contributed by atoms with Crippen molar-refractivity contribution in [2.24, 2.45) is 0 Å². The Kier molecular flexibility index (Phi) is 3.86. The van der Waals surface area contributed by atoms with Crippen molar-refractivity contribution in [1.29, 1.82) is 0 Å². The SMILES string of the molecule is C[C@@](O)(CNC(=O)c1ccc([N+](=O)[O-])o1)c1cccs1. The minimum Gasteiger partial charge on any atom is -0.395 e. The van der Waals surface area contributed by atoms with E-state index < -0.39 is 22.3 Å². The van der Waals surface area contributed by atoms with E-state index in [1.165, 1.54) is 17.4 Å². The van der Waals surface area contributed by atoms with E-state index in [1.807, 2.05) is 5.38 Å². The van der Waals surface area contributed by atoms with Gasteiger partial charge in [-0.05, 0) is 24.4 Å². The van der Waals surface area contributed by atoms with Crippen LogP contribution >= 0.6 is 11.3 Å². The number of nitro groups is 1. The van der Waals surface area contributed by atoms with Gasteiger partial charge in [-0.2, -0.15) is 0 Å². The Bertz CT molecular complexity index is 618. The number of furan rings is 1. The summed E-state index contributed by atoms with van der Waals surface area (Å²) in [5, 5.41) is 25.0. The molecular formula is C12H12N2O5S. The molecule has 2 heterocycles. The Hall–Kier alpha value is -2.19. The lowest BCUT2D eigenvalue weighted by Gasteiger charge is -2.21. The second-order valence-corrected chi connectivity index (χ2v) is 5.28. The fraction of sp³-hybridized carbons (Fsp3) is 0.250. The Morgan fingerprint density at radius 3 is 2.85 bits per heavy atom. The van der Waals surface area contributed by atoms with Crippen LogP contribution < -0.4 is 5.32 Å². The van der Waals surface area contributed by atoms with Crippen molar-refractivity contribution in [3.05, 3.63) is 50.4 Å². The van der Waals surface area contributed by atoms with Crippen LogP contribution in [0, 0.1) is 10.1 Å². The van der Waals surface area contributed by atoms with Crippen LogP contribution in [0.15, 0.2) is 34.1 Å². The average Bonchev–Trinajstić information content (AvgIpc) is 3.06. The first-order valence-electron chi connectivity index (χ1n) is 5.69. The van der Waals surface area contributed by atoms with Crippen molar-refractivity contribution in [2.75, 3.05) is 6.54 Å². The smallest absolute Gasteiger partial charge is 0.395 e. The molecule has 0 aromatic carbocycles. The first-order valence-corrected chi connectivity index (χ1v) is 6.57. The molecule has 2 N–H and O–H groups in total. The van der Waals surface area contributed by atoms with E-state index in [9.17, 15) is 20.0 Å². The Morgan fingerprint density at radius 1 is 1.55 bits per heavy atom. The summed E-state index contributed by atoms with van der Waals surface area (Å²) in [6.07, 6.45) is 0. The van der Waals surface area contributed by atoms with Crippen molar-refractivity contribution in [3.63, 3.8) is 0 Å². The molecule has 1 atom stereocenters. The Morgan fingerprint density at radius 2 is 2.30 bits per heavy atom. The highest BCUT2D eigenvalue weighted by Gasteiger charge is 2.26. The van der Waals surface area contributed by atoms with Crippen LogP contribution in [0.25, 0.3) is 0 Å². The van der Waals surface area contributed by atoms with Crippen LogP contribution in [0.4, 0.5) is 5.88 Å². The molecule has 0 unspecified atom stereocenters. The fourth-order valence-electron chi connectivity index (χ4n) is 1.56. The quantitative estimate of drug-likeness (QED) is 0.647. The van der Waals surface area contributed by atoms with Crippen molar-refractivity contribution in [3.8, 4) is 0 Å². The molecule has 0 bridgehead atoms. The molecule has 20 heavy (non-hydrogen) atoms. The Balaban J connectivity index is 1.99.